The van der Waals surface area contributed by atoms with Gasteiger partial charge in [-0.3, -0.25) is 9.97 Å². The molecule has 5 heterocycles. The molecule has 0 aliphatic carbocycles. The summed E-state index contributed by atoms with van der Waals surface area (Å²) in [6.45, 7) is 6.72. The van der Waals surface area contributed by atoms with E-state index < -0.39 is 0 Å². The third kappa shape index (κ3) is 4.61. The number of phenolic OH excluding ortho intramolecular Hbond substituents is 1. The van der Waals surface area contributed by atoms with Gasteiger partial charge in [0.2, 0.25) is 0 Å². The minimum atomic E-state index is -0.147. The molecule has 60 heavy (non-hydrogen) atoms. The summed E-state index contributed by atoms with van der Waals surface area (Å²) < 4.78 is 4.79. The number of aromatic hydroxyl groups is 1. The van der Waals surface area contributed by atoms with E-state index in [2.05, 4.69) is 175 Å². The largest absolute Gasteiger partial charge is 0.506 e. The van der Waals surface area contributed by atoms with Crippen molar-refractivity contribution in [3.63, 3.8) is 0 Å². The van der Waals surface area contributed by atoms with Crippen LogP contribution in [0.15, 0.2) is 152 Å². The van der Waals surface area contributed by atoms with Crippen molar-refractivity contribution in [1.82, 2.24) is 18.9 Å². The van der Waals surface area contributed by atoms with Crippen LogP contribution in [0.1, 0.15) is 26.3 Å². The zero-order chi connectivity index (χ0) is 39.3. The van der Waals surface area contributed by atoms with E-state index in [0.29, 0.717) is 0 Å². The Balaban J connectivity index is 0.00000388. The van der Waals surface area contributed by atoms with Crippen LogP contribution in [0.5, 0.6) is 5.75 Å². The van der Waals surface area contributed by atoms with Gasteiger partial charge in [-0.15, -0.1) is 23.8 Å². The molecule has 0 spiro atoms. The van der Waals surface area contributed by atoms with E-state index in [1.807, 2.05) is 12.3 Å². The molecule has 8 aromatic carbocycles. The summed E-state index contributed by atoms with van der Waals surface area (Å²) in [6.07, 6.45) is 1.88. The maximum absolute atomic E-state index is 13.0. The first-order valence-corrected chi connectivity index (χ1v) is 20.2. The number of fused-ring (bicyclic) bond motifs is 10. The average molecular weight is 951 g/mol. The van der Waals surface area contributed by atoms with Crippen LogP contribution >= 0.6 is 0 Å². The third-order valence-electron chi connectivity index (χ3n) is 12.7. The van der Waals surface area contributed by atoms with Crippen LogP contribution in [0.2, 0.25) is 0 Å². The van der Waals surface area contributed by atoms with Gasteiger partial charge in [0.1, 0.15) is 5.75 Å². The maximum atomic E-state index is 13.0. The van der Waals surface area contributed by atoms with Gasteiger partial charge in [0.15, 0.2) is 0 Å². The van der Waals surface area contributed by atoms with Crippen molar-refractivity contribution in [2.45, 2.75) is 26.2 Å². The summed E-state index contributed by atoms with van der Waals surface area (Å²) >= 11 is 0. The molecular formula is C54H35N4OPt-. The minimum Gasteiger partial charge on any atom is -0.506 e. The summed E-state index contributed by atoms with van der Waals surface area (Å²) in [7, 11) is 0. The van der Waals surface area contributed by atoms with Gasteiger partial charge < -0.3 is 14.1 Å². The molecule has 5 nitrogen and oxygen atoms in total. The topological polar surface area (TPSA) is 55.4 Å². The fourth-order valence-electron chi connectivity index (χ4n) is 10.1. The van der Waals surface area contributed by atoms with Gasteiger partial charge in [0, 0.05) is 65.6 Å². The molecule has 1 N–H and O–H groups in total. The summed E-state index contributed by atoms with van der Waals surface area (Å²) in [6, 6.07) is 55.3. The smallest absolute Gasteiger partial charge is 0.135 e. The molecule has 288 valence electrons. The average Bonchev–Trinajstić information content (AvgIpc) is 3.63. The molecule has 11 aromatic rings. The summed E-state index contributed by atoms with van der Waals surface area (Å²) in [5.41, 5.74) is 14.0. The van der Waals surface area contributed by atoms with Crippen LogP contribution in [0.25, 0.3) is 121 Å². The Hall–Kier alpha value is -6.81. The number of para-hydroxylation sites is 3. The van der Waals surface area contributed by atoms with E-state index in [-0.39, 0.29) is 32.2 Å². The number of rotatable bonds is 3. The Morgan fingerprint density at radius 2 is 1.27 bits per heavy atom. The van der Waals surface area contributed by atoms with Crippen LogP contribution in [-0.2, 0) is 26.5 Å². The Kier molecular flexibility index (Phi) is 7.24. The molecule has 0 amide bonds. The molecule has 0 atom stereocenters. The van der Waals surface area contributed by atoms with Crippen LogP contribution in [0.4, 0.5) is 0 Å². The predicted molar refractivity (Wildman–Crippen MR) is 244 cm³/mol. The number of hydrogen-bond acceptors (Lipinski definition) is 3. The molecule has 0 saturated carbocycles. The summed E-state index contributed by atoms with van der Waals surface area (Å²) in [5, 5.41) is 22.3. The van der Waals surface area contributed by atoms with E-state index in [1.165, 1.54) is 16.3 Å². The van der Waals surface area contributed by atoms with Crippen molar-refractivity contribution in [3.8, 4) is 45.1 Å². The third-order valence-corrected chi connectivity index (χ3v) is 12.7. The Morgan fingerprint density at radius 3 is 2.08 bits per heavy atom. The molecule has 0 unspecified atom stereocenters. The molecule has 2 aliphatic rings. The number of aromatic nitrogens is 4. The van der Waals surface area contributed by atoms with E-state index in [9.17, 15) is 5.11 Å². The number of benzene rings is 8. The fraction of sp³-hybridized carbons (Fsp3) is 0.0741. The molecule has 6 heteroatoms. The van der Waals surface area contributed by atoms with Crippen molar-refractivity contribution in [2.75, 3.05) is 0 Å². The van der Waals surface area contributed by atoms with E-state index in [4.69, 9.17) is 9.97 Å². The SMILES string of the molecule is CC(C)(C)c1cc(-c2cc(-c3ccccc3)ccn2)[c-]c(-c2ccc3c4ccc5cccc6c5c4c4c5c7c(c(O)c4c3n2)c2ccccc2n7c2ccccc2n6-5)c1.[Pt]. The quantitative estimate of drug-likeness (QED) is 0.109. The first-order chi connectivity index (χ1) is 28.8. The summed E-state index contributed by atoms with van der Waals surface area (Å²) in [4.78, 5) is 10.5. The van der Waals surface area contributed by atoms with Crippen LogP contribution in [0, 0.1) is 6.07 Å². The van der Waals surface area contributed by atoms with Crippen molar-refractivity contribution >= 4 is 81.6 Å². The summed E-state index contributed by atoms with van der Waals surface area (Å²) in [5.74, 6) is 0.260. The molecule has 3 aromatic heterocycles. The molecule has 0 fully saturated rings. The molecule has 2 aliphatic heterocycles. The minimum absolute atomic E-state index is 0. The Labute approximate surface area is 359 Å². The van der Waals surface area contributed by atoms with E-state index in [0.717, 1.165) is 110 Å². The van der Waals surface area contributed by atoms with Crippen LogP contribution < -0.4 is 0 Å². The van der Waals surface area contributed by atoms with Gasteiger partial charge in [-0.1, -0.05) is 135 Å². The number of phenols is 1. The van der Waals surface area contributed by atoms with Crippen LogP contribution in [0.3, 0.4) is 0 Å². The first kappa shape index (κ1) is 35.2. The molecule has 13 rings (SSSR count). The Bertz CT molecular complexity index is 3840. The normalized spacial score (nSPS) is 12.5. The standard InChI is InChI=1S/C54H35N4O.Pt/c1-54(2,3)35-27-33(26-34(28-35)40-29-32(24-25-55-40)30-12-5-4-6-13-30)39-23-22-37-36-21-20-31-14-11-19-44-45(31)46(36)48-49(50(37)56-39)53(59)47-38-15-7-8-16-41(38)57-42-17-9-10-18-43(42)58(44)52(48)51(47)57;/h4-25,27-29,59H,1-3H3;/q-1;. The second-order valence-electron chi connectivity index (χ2n) is 17.0. The number of hydrogen-bond donors (Lipinski definition) is 1. The number of nitrogens with zero attached hydrogens (tertiary/aromatic N) is 4. The zero-order valence-corrected chi connectivity index (χ0v) is 35.3. The maximum Gasteiger partial charge on any atom is 0.135 e. The monoisotopic (exact) mass is 950 g/mol. The Morgan fingerprint density at radius 1 is 0.550 bits per heavy atom. The molecule has 0 bridgehead atoms. The van der Waals surface area contributed by atoms with E-state index >= 15 is 0 Å². The van der Waals surface area contributed by atoms with Crippen molar-refractivity contribution in [3.05, 3.63) is 163 Å². The zero-order valence-electron chi connectivity index (χ0n) is 33.0. The van der Waals surface area contributed by atoms with Crippen LogP contribution in [-0.4, -0.2) is 24.0 Å². The van der Waals surface area contributed by atoms with Gasteiger partial charge in [-0.05, 0) is 57.6 Å². The fourth-order valence-corrected chi connectivity index (χ4v) is 10.1. The number of pyridine rings is 3. The molecular weight excluding hydrogens is 916 g/mol. The van der Waals surface area contributed by atoms with E-state index in [1.54, 1.807) is 0 Å². The second kappa shape index (κ2) is 12.4. The van der Waals surface area contributed by atoms with Crippen molar-refractivity contribution in [1.29, 1.82) is 0 Å². The van der Waals surface area contributed by atoms with Gasteiger partial charge >= 0.3 is 0 Å². The first-order valence-electron chi connectivity index (χ1n) is 20.2. The van der Waals surface area contributed by atoms with Crippen molar-refractivity contribution in [2.24, 2.45) is 0 Å². The van der Waals surface area contributed by atoms with Gasteiger partial charge in [-0.25, -0.2) is 0 Å². The second-order valence-corrected chi connectivity index (χ2v) is 17.0. The molecule has 0 radical (unpaired) electrons. The van der Waals surface area contributed by atoms with Gasteiger partial charge in [0.25, 0.3) is 0 Å². The predicted octanol–water partition coefficient (Wildman–Crippen LogP) is 13.7. The molecule has 0 saturated heterocycles. The van der Waals surface area contributed by atoms with Crippen molar-refractivity contribution < 1.29 is 26.2 Å². The van der Waals surface area contributed by atoms with Gasteiger partial charge in [-0.2, -0.15) is 0 Å². The van der Waals surface area contributed by atoms with Gasteiger partial charge in [0.05, 0.1) is 49.6 Å².